The summed E-state index contributed by atoms with van der Waals surface area (Å²) in [6.45, 7) is -1.08. The smallest absolute Gasteiger partial charge is 0.283 e. The summed E-state index contributed by atoms with van der Waals surface area (Å²) in [5.41, 5.74) is 0.604. The molecular weight excluding hydrogens is 403 g/mol. The number of halogens is 2. The van der Waals surface area contributed by atoms with Gasteiger partial charge in [0, 0.05) is 16.8 Å². The molecule has 0 atom stereocenters. The number of furan rings is 1. The molecular formula is C19H12ClFN4O4. The molecule has 0 radical (unpaired) electrons. The quantitative estimate of drug-likeness (QED) is 0.491. The molecule has 0 aliphatic rings. The minimum atomic E-state index is -1.08. The van der Waals surface area contributed by atoms with E-state index in [1.807, 2.05) is 0 Å². The maximum Gasteiger partial charge on any atom is 0.283 e. The Morgan fingerprint density at radius 1 is 1.17 bits per heavy atom. The number of amides is 1. The summed E-state index contributed by atoms with van der Waals surface area (Å²) in [5.74, 6) is 0.592. The van der Waals surface area contributed by atoms with Crippen molar-refractivity contribution in [2.24, 2.45) is 0 Å². The van der Waals surface area contributed by atoms with Gasteiger partial charge in [-0.2, -0.15) is 0 Å². The molecule has 10 heteroatoms. The molecule has 0 aliphatic carbocycles. The molecule has 4 rings (SSSR count). The largest absolute Gasteiger partial charge is 0.462 e. The highest BCUT2D eigenvalue weighted by Crippen LogP contribution is 2.27. The third-order valence-corrected chi connectivity index (χ3v) is 4.04. The van der Waals surface area contributed by atoms with E-state index in [-0.39, 0.29) is 28.9 Å². The van der Waals surface area contributed by atoms with Crippen LogP contribution in [0.3, 0.4) is 0 Å². The van der Waals surface area contributed by atoms with Crippen molar-refractivity contribution in [1.29, 1.82) is 0 Å². The van der Waals surface area contributed by atoms with Gasteiger partial charge in [0.15, 0.2) is 5.76 Å². The Balaban J connectivity index is 1.57. The Bertz CT molecular complexity index is 1150. The first-order valence-corrected chi connectivity index (χ1v) is 8.65. The van der Waals surface area contributed by atoms with E-state index in [9.17, 15) is 9.18 Å². The number of anilines is 1. The van der Waals surface area contributed by atoms with Gasteiger partial charge in [-0.3, -0.25) is 4.79 Å². The first kappa shape index (κ1) is 18.6. The van der Waals surface area contributed by atoms with E-state index >= 15 is 0 Å². The molecule has 0 saturated heterocycles. The number of carbonyl (C=O) groups is 1. The summed E-state index contributed by atoms with van der Waals surface area (Å²) < 4.78 is 28.2. The van der Waals surface area contributed by atoms with Crippen LogP contribution >= 0.6 is 11.6 Å². The minimum Gasteiger partial charge on any atom is -0.462 e. The molecule has 146 valence electrons. The van der Waals surface area contributed by atoms with Crippen LogP contribution < -0.4 is 10.1 Å². The van der Waals surface area contributed by atoms with Gasteiger partial charge in [-0.05, 0) is 42.5 Å². The van der Waals surface area contributed by atoms with Crippen molar-refractivity contribution in [3.63, 3.8) is 0 Å². The first-order valence-electron chi connectivity index (χ1n) is 8.27. The lowest BCUT2D eigenvalue weighted by Crippen LogP contribution is -2.14. The van der Waals surface area contributed by atoms with Gasteiger partial charge in [0.1, 0.15) is 11.6 Å². The fraction of sp³-hybridized carbons (Fsp3) is 0.0526. The number of nitrogens with zero attached hydrogens (tertiary/aromatic N) is 3. The highest BCUT2D eigenvalue weighted by atomic mass is 35.5. The molecule has 1 amide bonds. The van der Waals surface area contributed by atoms with Crippen molar-refractivity contribution in [3.05, 3.63) is 65.5 Å². The topological polar surface area (TPSA) is 103 Å². The molecule has 0 aliphatic heterocycles. The normalized spacial score (nSPS) is 10.7. The van der Waals surface area contributed by atoms with Gasteiger partial charge in [-0.1, -0.05) is 11.6 Å². The van der Waals surface area contributed by atoms with Gasteiger partial charge in [0.25, 0.3) is 11.8 Å². The summed E-state index contributed by atoms with van der Waals surface area (Å²) in [4.78, 5) is 16.7. The van der Waals surface area contributed by atoms with Gasteiger partial charge < -0.3 is 18.9 Å². The molecule has 0 bridgehead atoms. The van der Waals surface area contributed by atoms with Crippen molar-refractivity contribution in [1.82, 2.24) is 15.2 Å². The van der Waals surface area contributed by atoms with Crippen molar-refractivity contribution in [2.75, 3.05) is 12.2 Å². The minimum absolute atomic E-state index is 0.0607. The zero-order valence-electron chi connectivity index (χ0n) is 14.6. The number of aromatic nitrogens is 3. The lowest BCUT2D eigenvalue weighted by molar-refractivity contribution is 0.101. The number of hydrogen-bond donors (Lipinski definition) is 1. The Kier molecular flexibility index (Phi) is 5.21. The Labute approximate surface area is 168 Å². The van der Waals surface area contributed by atoms with E-state index in [1.165, 1.54) is 30.7 Å². The lowest BCUT2D eigenvalue weighted by atomic mass is 10.2. The predicted octanol–water partition coefficient (Wildman–Crippen LogP) is 4.60. The molecule has 29 heavy (non-hydrogen) atoms. The second-order valence-corrected chi connectivity index (χ2v) is 6.10. The molecule has 0 spiro atoms. The number of alkyl halides is 1. The van der Waals surface area contributed by atoms with Crippen LogP contribution in [-0.4, -0.2) is 27.9 Å². The monoisotopic (exact) mass is 414 g/mol. The summed E-state index contributed by atoms with van der Waals surface area (Å²) in [7, 11) is 0. The van der Waals surface area contributed by atoms with Crippen LogP contribution in [0.5, 0.6) is 5.75 Å². The van der Waals surface area contributed by atoms with Crippen molar-refractivity contribution < 1.29 is 22.8 Å². The predicted molar refractivity (Wildman–Crippen MR) is 101 cm³/mol. The zero-order valence-corrected chi connectivity index (χ0v) is 15.4. The molecule has 0 unspecified atom stereocenters. The number of pyridine rings is 1. The standard InChI is InChI=1S/C19H12ClFN4O4/c20-12-3-4-14(28-10-21)13(9-12)17(26)23-16-8-11(5-6-22-16)18-24-25-19(29-18)15-2-1-7-27-15/h1-9H,10H2,(H,22,23,26). The number of carbonyl (C=O) groups excluding carboxylic acids is 1. The van der Waals surface area contributed by atoms with E-state index in [1.54, 1.807) is 24.3 Å². The lowest BCUT2D eigenvalue weighted by Gasteiger charge is -2.10. The van der Waals surface area contributed by atoms with Crippen LogP contribution in [0.1, 0.15) is 10.4 Å². The van der Waals surface area contributed by atoms with Gasteiger partial charge in [-0.25, -0.2) is 9.37 Å². The zero-order chi connectivity index (χ0) is 20.2. The van der Waals surface area contributed by atoms with Gasteiger partial charge >= 0.3 is 0 Å². The van der Waals surface area contributed by atoms with Crippen molar-refractivity contribution in [2.45, 2.75) is 0 Å². The fourth-order valence-corrected chi connectivity index (χ4v) is 2.69. The average Bonchev–Trinajstić information content (AvgIpc) is 3.41. The van der Waals surface area contributed by atoms with Crippen LogP contribution in [0.25, 0.3) is 23.1 Å². The third-order valence-electron chi connectivity index (χ3n) is 3.80. The Hall–Kier alpha value is -3.72. The molecule has 8 nitrogen and oxygen atoms in total. The summed E-state index contributed by atoms with van der Waals surface area (Å²) in [5, 5.41) is 10.8. The SMILES string of the molecule is O=C(Nc1cc(-c2nnc(-c3ccco3)o2)ccn1)c1cc(Cl)ccc1OCF. The average molecular weight is 415 g/mol. The van der Waals surface area contributed by atoms with Gasteiger partial charge in [0.2, 0.25) is 12.8 Å². The molecule has 3 aromatic heterocycles. The van der Waals surface area contributed by atoms with Crippen LogP contribution in [-0.2, 0) is 0 Å². The molecule has 4 aromatic rings. The van der Waals surface area contributed by atoms with E-state index in [0.29, 0.717) is 16.3 Å². The van der Waals surface area contributed by atoms with E-state index < -0.39 is 12.8 Å². The van der Waals surface area contributed by atoms with Crippen LogP contribution in [0.4, 0.5) is 10.2 Å². The molecule has 0 fully saturated rings. The van der Waals surface area contributed by atoms with E-state index in [2.05, 4.69) is 20.5 Å². The fourth-order valence-electron chi connectivity index (χ4n) is 2.52. The number of benzene rings is 1. The summed E-state index contributed by atoms with van der Waals surface area (Å²) in [6, 6.07) is 10.9. The van der Waals surface area contributed by atoms with Crippen LogP contribution in [0.15, 0.2) is 63.8 Å². The van der Waals surface area contributed by atoms with Crippen molar-refractivity contribution >= 4 is 23.3 Å². The molecule has 0 saturated carbocycles. The van der Waals surface area contributed by atoms with E-state index in [0.717, 1.165) is 0 Å². The molecule has 1 N–H and O–H groups in total. The second kappa shape index (κ2) is 8.11. The summed E-state index contributed by atoms with van der Waals surface area (Å²) >= 11 is 5.93. The highest BCUT2D eigenvalue weighted by molar-refractivity contribution is 6.31. The number of rotatable bonds is 6. The first-order chi connectivity index (χ1) is 14.1. The van der Waals surface area contributed by atoms with Gasteiger partial charge in [-0.15, -0.1) is 10.2 Å². The van der Waals surface area contributed by atoms with Gasteiger partial charge in [0.05, 0.1) is 11.8 Å². The number of hydrogen-bond acceptors (Lipinski definition) is 7. The third kappa shape index (κ3) is 4.09. The Morgan fingerprint density at radius 2 is 2.03 bits per heavy atom. The maximum absolute atomic E-state index is 12.6. The van der Waals surface area contributed by atoms with E-state index in [4.69, 9.17) is 25.2 Å². The molecule has 1 aromatic carbocycles. The maximum atomic E-state index is 12.6. The van der Waals surface area contributed by atoms with Crippen LogP contribution in [0.2, 0.25) is 5.02 Å². The molecule has 3 heterocycles. The van der Waals surface area contributed by atoms with Crippen LogP contribution in [0, 0.1) is 0 Å². The van der Waals surface area contributed by atoms with Crippen molar-refractivity contribution in [3.8, 4) is 28.9 Å². The summed E-state index contributed by atoms with van der Waals surface area (Å²) in [6.07, 6.45) is 2.97. The Morgan fingerprint density at radius 3 is 2.83 bits per heavy atom. The number of ether oxygens (including phenoxy) is 1. The second-order valence-electron chi connectivity index (χ2n) is 5.67. The highest BCUT2D eigenvalue weighted by Gasteiger charge is 2.16. The number of nitrogens with one attached hydrogen (secondary N) is 1.